The second-order valence-electron chi connectivity index (χ2n) is 4.13. The van der Waals surface area contributed by atoms with Gasteiger partial charge in [-0.3, -0.25) is 0 Å². The van der Waals surface area contributed by atoms with Gasteiger partial charge in [-0.2, -0.15) is 15.0 Å². The topological polar surface area (TPSA) is 59.9 Å². The van der Waals surface area contributed by atoms with Gasteiger partial charge in [0.2, 0.25) is 11.2 Å². The van der Waals surface area contributed by atoms with Gasteiger partial charge in [0.25, 0.3) is 0 Å². The normalized spacial score (nSPS) is 10.7. The molecule has 2 aromatic rings. The number of nitrogens with one attached hydrogen (secondary N) is 1. The van der Waals surface area contributed by atoms with Gasteiger partial charge in [0.05, 0.1) is 11.8 Å². The summed E-state index contributed by atoms with van der Waals surface area (Å²) in [7, 11) is 0. The second-order valence-corrected chi connectivity index (χ2v) is 6.23. The minimum absolute atomic E-state index is 0.0410. The first kappa shape index (κ1) is 15.5. The quantitative estimate of drug-likeness (QED) is 0.782. The van der Waals surface area contributed by atoms with Crippen LogP contribution >= 0.6 is 43.5 Å². The third-order valence-corrected chi connectivity index (χ3v) is 3.42. The summed E-state index contributed by atoms with van der Waals surface area (Å²) in [5, 5.41) is 3.13. The Morgan fingerprint density at radius 2 is 1.95 bits per heavy atom. The van der Waals surface area contributed by atoms with E-state index < -0.39 is 0 Å². The van der Waals surface area contributed by atoms with Crippen LogP contribution in [0.25, 0.3) is 0 Å². The van der Waals surface area contributed by atoms with Crippen molar-refractivity contribution in [3.05, 3.63) is 32.4 Å². The predicted molar refractivity (Wildman–Crippen MR) is 85.7 cm³/mol. The summed E-state index contributed by atoms with van der Waals surface area (Å²) in [6.45, 7) is 3.77. The van der Waals surface area contributed by atoms with Gasteiger partial charge in [0.15, 0.2) is 0 Å². The van der Waals surface area contributed by atoms with Crippen molar-refractivity contribution in [1.82, 2.24) is 15.0 Å². The van der Waals surface area contributed by atoms with Gasteiger partial charge in [-0.05, 0) is 59.6 Å². The molecule has 1 N–H and O–H groups in total. The van der Waals surface area contributed by atoms with Crippen LogP contribution in [0.2, 0.25) is 5.28 Å². The molecule has 0 aliphatic carbocycles. The Morgan fingerprint density at radius 3 is 2.60 bits per heavy atom. The summed E-state index contributed by atoms with van der Waals surface area (Å²) in [4.78, 5) is 12.1. The maximum absolute atomic E-state index is 5.86. The van der Waals surface area contributed by atoms with Crippen LogP contribution < -0.4 is 10.1 Å². The number of ether oxygens (including phenoxy) is 1. The van der Waals surface area contributed by atoms with E-state index in [9.17, 15) is 0 Å². The first-order valence-electron chi connectivity index (χ1n) is 5.74. The molecule has 0 amide bonds. The number of rotatable bonds is 4. The van der Waals surface area contributed by atoms with Crippen LogP contribution in [0.5, 0.6) is 6.01 Å². The molecule has 0 saturated heterocycles. The summed E-state index contributed by atoms with van der Waals surface area (Å²) in [6, 6.07) is 5.89. The predicted octanol–water partition coefficient (Wildman–Crippen LogP) is 4.58. The molecule has 5 nitrogen and oxygen atoms in total. The molecule has 0 spiro atoms. The van der Waals surface area contributed by atoms with Crippen molar-refractivity contribution in [3.8, 4) is 6.01 Å². The molecule has 0 unspecified atom stereocenters. The van der Waals surface area contributed by atoms with Crippen molar-refractivity contribution in [2.45, 2.75) is 20.0 Å². The standard InChI is InChI=1S/C12H11Br2ClN4O/c1-6(2)20-12-18-10(15)17-11(19-12)16-9-4-3-7(13)5-8(9)14/h3-6H,1-2H3,(H,16,17,18,19). The van der Waals surface area contributed by atoms with Gasteiger partial charge < -0.3 is 10.1 Å². The molecule has 0 bridgehead atoms. The molecule has 1 aromatic carbocycles. The Labute approximate surface area is 138 Å². The fourth-order valence-corrected chi connectivity index (χ4v) is 2.66. The lowest BCUT2D eigenvalue weighted by atomic mass is 10.3. The summed E-state index contributed by atoms with van der Waals surface area (Å²) in [6.07, 6.45) is -0.0410. The second kappa shape index (κ2) is 6.69. The monoisotopic (exact) mass is 420 g/mol. The van der Waals surface area contributed by atoms with Crippen molar-refractivity contribution >= 4 is 55.1 Å². The molecule has 0 fully saturated rings. The highest BCUT2D eigenvalue weighted by atomic mass is 79.9. The average Bonchev–Trinajstić information content (AvgIpc) is 2.31. The van der Waals surface area contributed by atoms with E-state index in [-0.39, 0.29) is 17.4 Å². The molecule has 1 heterocycles. The van der Waals surface area contributed by atoms with Gasteiger partial charge in [-0.15, -0.1) is 0 Å². The van der Waals surface area contributed by atoms with Crippen LogP contribution in [0.4, 0.5) is 11.6 Å². The maximum atomic E-state index is 5.86. The number of aromatic nitrogens is 3. The molecule has 0 atom stereocenters. The van der Waals surface area contributed by atoms with Crippen LogP contribution in [0.3, 0.4) is 0 Å². The Kier molecular flexibility index (Phi) is 5.17. The average molecular weight is 423 g/mol. The summed E-state index contributed by atoms with van der Waals surface area (Å²) < 4.78 is 7.25. The molecule has 0 aliphatic heterocycles. The Morgan fingerprint density at radius 1 is 1.20 bits per heavy atom. The zero-order valence-corrected chi connectivity index (χ0v) is 14.6. The Balaban J connectivity index is 2.26. The zero-order valence-electron chi connectivity index (χ0n) is 10.7. The molecular formula is C12H11Br2ClN4O. The highest BCUT2D eigenvalue weighted by Gasteiger charge is 2.09. The van der Waals surface area contributed by atoms with Gasteiger partial charge >= 0.3 is 6.01 Å². The van der Waals surface area contributed by atoms with E-state index in [2.05, 4.69) is 52.1 Å². The van der Waals surface area contributed by atoms with E-state index in [1.165, 1.54) is 0 Å². The molecule has 106 valence electrons. The molecular weight excluding hydrogens is 411 g/mol. The van der Waals surface area contributed by atoms with Crippen LogP contribution in [0, 0.1) is 0 Å². The fourth-order valence-electron chi connectivity index (χ4n) is 1.36. The van der Waals surface area contributed by atoms with E-state index in [0.717, 1.165) is 14.6 Å². The van der Waals surface area contributed by atoms with Crippen molar-refractivity contribution in [1.29, 1.82) is 0 Å². The molecule has 0 saturated carbocycles. The summed E-state index contributed by atoms with van der Waals surface area (Å²) in [5.41, 5.74) is 0.811. The largest absolute Gasteiger partial charge is 0.461 e. The van der Waals surface area contributed by atoms with Gasteiger partial charge in [0, 0.05) is 8.95 Å². The summed E-state index contributed by atoms with van der Waals surface area (Å²) in [5.74, 6) is 0.323. The lowest BCUT2D eigenvalue weighted by Crippen LogP contribution is -2.10. The highest BCUT2D eigenvalue weighted by Crippen LogP contribution is 2.28. The van der Waals surface area contributed by atoms with Crippen LogP contribution in [0.1, 0.15) is 13.8 Å². The molecule has 20 heavy (non-hydrogen) atoms. The minimum Gasteiger partial charge on any atom is -0.461 e. The van der Waals surface area contributed by atoms with E-state index in [1.807, 2.05) is 32.0 Å². The van der Waals surface area contributed by atoms with Crippen LogP contribution in [-0.4, -0.2) is 21.1 Å². The van der Waals surface area contributed by atoms with Crippen molar-refractivity contribution in [2.75, 3.05) is 5.32 Å². The number of hydrogen-bond donors (Lipinski definition) is 1. The lowest BCUT2D eigenvalue weighted by Gasteiger charge is -2.10. The Bertz CT molecular complexity index is 624. The van der Waals surface area contributed by atoms with Crippen LogP contribution in [0.15, 0.2) is 27.1 Å². The molecule has 2 rings (SSSR count). The molecule has 0 aliphatic rings. The van der Waals surface area contributed by atoms with Gasteiger partial charge in [-0.25, -0.2) is 0 Å². The molecule has 8 heteroatoms. The third kappa shape index (κ3) is 4.29. The first-order valence-corrected chi connectivity index (χ1v) is 7.71. The fraction of sp³-hybridized carbons (Fsp3) is 0.250. The van der Waals surface area contributed by atoms with Crippen molar-refractivity contribution < 1.29 is 4.74 Å². The smallest absolute Gasteiger partial charge is 0.322 e. The van der Waals surface area contributed by atoms with Gasteiger partial charge in [-0.1, -0.05) is 15.9 Å². The molecule has 0 radical (unpaired) electrons. The van der Waals surface area contributed by atoms with Crippen LogP contribution in [-0.2, 0) is 0 Å². The Hall–Kier alpha value is -0.920. The molecule has 1 aromatic heterocycles. The third-order valence-electron chi connectivity index (χ3n) is 2.11. The van der Waals surface area contributed by atoms with Gasteiger partial charge in [0.1, 0.15) is 0 Å². The van der Waals surface area contributed by atoms with E-state index in [0.29, 0.717) is 5.95 Å². The van der Waals surface area contributed by atoms with E-state index in [1.54, 1.807) is 0 Å². The number of halogens is 3. The maximum Gasteiger partial charge on any atom is 0.322 e. The van der Waals surface area contributed by atoms with Crippen molar-refractivity contribution in [2.24, 2.45) is 0 Å². The lowest BCUT2D eigenvalue weighted by molar-refractivity contribution is 0.222. The number of nitrogens with zero attached hydrogens (tertiary/aromatic N) is 3. The highest BCUT2D eigenvalue weighted by molar-refractivity contribution is 9.11. The van der Waals surface area contributed by atoms with Crippen molar-refractivity contribution in [3.63, 3.8) is 0 Å². The minimum atomic E-state index is -0.0410. The van der Waals surface area contributed by atoms with E-state index in [4.69, 9.17) is 16.3 Å². The number of hydrogen-bond acceptors (Lipinski definition) is 5. The first-order chi connectivity index (χ1) is 9.44. The SMILES string of the molecule is CC(C)Oc1nc(Cl)nc(Nc2ccc(Br)cc2Br)n1. The summed E-state index contributed by atoms with van der Waals surface area (Å²) >= 11 is 12.7. The zero-order chi connectivity index (χ0) is 14.7. The van der Waals surface area contributed by atoms with E-state index >= 15 is 0 Å². The number of anilines is 2. The number of benzene rings is 1.